The van der Waals surface area contributed by atoms with Crippen molar-refractivity contribution >= 4 is 15.9 Å². The van der Waals surface area contributed by atoms with Gasteiger partial charge in [-0.2, -0.15) is 4.31 Å². The van der Waals surface area contributed by atoms with Gasteiger partial charge in [-0.3, -0.25) is 4.79 Å². The van der Waals surface area contributed by atoms with Crippen LogP contribution in [0, 0.1) is 0 Å². The Kier molecular flexibility index (Phi) is 4.04. The van der Waals surface area contributed by atoms with Crippen molar-refractivity contribution in [2.75, 3.05) is 13.1 Å². The molecule has 7 nitrogen and oxygen atoms in total. The van der Waals surface area contributed by atoms with E-state index in [1.165, 1.54) is 6.33 Å². The number of carbonyl (C=O) groups is 1. The number of hydrogen-bond acceptors (Lipinski definition) is 5. The summed E-state index contributed by atoms with van der Waals surface area (Å²) in [6.07, 6.45) is 9.08. The fourth-order valence-electron chi connectivity index (χ4n) is 3.98. The molecule has 1 aliphatic carbocycles. The van der Waals surface area contributed by atoms with Gasteiger partial charge in [0, 0.05) is 44.0 Å². The van der Waals surface area contributed by atoms with E-state index in [2.05, 4.69) is 9.97 Å². The van der Waals surface area contributed by atoms with Crippen molar-refractivity contribution in [1.82, 2.24) is 19.2 Å². The molecule has 1 saturated carbocycles. The van der Waals surface area contributed by atoms with E-state index in [4.69, 9.17) is 0 Å². The zero-order chi connectivity index (χ0) is 16.7. The number of aryl methyl sites for hydroxylation is 1. The van der Waals surface area contributed by atoms with Gasteiger partial charge in [0.1, 0.15) is 6.33 Å². The quantitative estimate of drug-likeness (QED) is 0.775. The molecule has 0 aromatic carbocycles. The smallest absolute Gasteiger partial charge is 0.223 e. The van der Waals surface area contributed by atoms with Crippen molar-refractivity contribution in [3.05, 3.63) is 24.3 Å². The van der Waals surface area contributed by atoms with E-state index in [1.54, 1.807) is 16.7 Å². The lowest BCUT2D eigenvalue weighted by Crippen LogP contribution is -2.42. The molecule has 2 aliphatic heterocycles. The highest BCUT2D eigenvalue weighted by Crippen LogP contribution is 2.39. The zero-order valence-corrected chi connectivity index (χ0v) is 14.4. The number of rotatable bonds is 5. The van der Waals surface area contributed by atoms with E-state index in [0.717, 1.165) is 31.2 Å². The van der Waals surface area contributed by atoms with Crippen molar-refractivity contribution in [3.63, 3.8) is 0 Å². The standard InChI is InChI=1S/C16H22N4O3S/c21-16(4-1-12-9-17-11-18-10-12)19-7-5-15-14(19)6-8-20(15)24(22,23)13-2-3-13/h9-11,13-15H,1-8H2/t14-,15+/m1/s1. The highest BCUT2D eigenvalue weighted by Gasteiger charge is 2.51. The van der Waals surface area contributed by atoms with Gasteiger partial charge in [-0.05, 0) is 37.7 Å². The number of carbonyl (C=O) groups excluding carboxylic acids is 1. The molecule has 3 heterocycles. The van der Waals surface area contributed by atoms with Gasteiger partial charge in [0.15, 0.2) is 0 Å². The third-order valence-electron chi connectivity index (χ3n) is 5.36. The van der Waals surface area contributed by atoms with Gasteiger partial charge in [-0.15, -0.1) is 0 Å². The Balaban J connectivity index is 1.39. The van der Waals surface area contributed by atoms with Crippen LogP contribution in [0.5, 0.6) is 0 Å². The lowest BCUT2D eigenvalue weighted by molar-refractivity contribution is -0.131. The topological polar surface area (TPSA) is 83.5 Å². The van der Waals surface area contributed by atoms with Gasteiger partial charge in [0.2, 0.25) is 15.9 Å². The van der Waals surface area contributed by atoms with Crippen LogP contribution in [0.1, 0.15) is 37.7 Å². The van der Waals surface area contributed by atoms with Crippen LogP contribution in [0.25, 0.3) is 0 Å². The summed E-state index contributed by atoms with van der Waals surface area (Å²) in [5, 5.41) is -0.168. The maximum absolute atomic E-state index is 12.6. The van der Waals surface area contributed by atoms with Gasteiger partial charge in [-0.25, -0.2) is 18.4 Å². The molecule has 130 valence electrons. The normalized spacial score (nSPS) is 27.4. The minimum Gasteiger partial charge on any atom is -0.338 e. The average Bonchev–Trinajstić information content (AvgIpc) is 3.24. The summed E-state index contributed by atoms with van der Waals surface area (Å²) in [7, 11) is -3.15. The van der Waals surface area contributed by atoms with E-state index in [9.17, 15) is 13.2 Å². The summed E-state index contributed by atoms with van der Waals surface area (Å²) < 4.78 is 26.8. The summed E-state index contributed by atoms with van der Waals surface area (Å²) in [5.41, 5.74) is 0.950. The van der Waals surface area contributed by atoms with Gasteiger partial charge in [0.25, 0.3) is 0 Å². The molecule has 2 atom stereocenters. The molecule has 8 heteroatoms. The number of fused-ring (bicyclic) bond motifs is 1. The van der Waals surface area contributed by atoms with Crippen LogP contribution in [-0.4, -0.2) is 63.9 Å². The highest BCUT2D eigenvalue weighted by atomic mass is 32.2. The first kappa shape index (κ1) is 16.0. The fraction of sp³-hybridized carbons (Fsp3) is 0.688. The van der Waals surface area contributed by atoms with Crippen LogP contribution in [0.15, 0.2) is 18.7 Å². The van der Waals surface area contributed by atoms with Gasteiger partial charge in [0.05, 0.1) is 5.25 Å². The number of hydrogen-bond donors (Lipinski definition) is 0. The lowest BCUT2D eigenvalue weighted by atomic mass is 10.1. The second kappa shape index (κ2) is 6.07. The molecule has 0 spiro atoms. The van der Waals surface area contributed by atoms with Crippen LogP contribution >= 0.6 is 0 Å². The van der Waals surface area contributed by atoms with Crippen molar-refractivity contribution in [3.8, 4) is 0 Å². The van der Waals surface area contributed by atoms with Gasteiger partial charge >= 0.3 is 0 Å². The van der Waals surface area contributed by atoms with Crippen LogP contribution in [-0.2, 0) is 21.2 Å². The van der Waals surface area contributed by atoms with E-state index < -0.39 is 10.0 Å². The Labute approximate surface area is 142 Å². The minimum atomic E-state index is -3.15. The molecule has 4 rings (SSSR count). The summed E-state index contributed by atoms with van der Waals surface area (Å²) in [5.74, 6) is 0.108. The summed E-state index contributed by atoms with van der Waals surface area (Å²) >= 11 is 0. The Hall–Kier alpha value is -1.54. The van der Waals surface area contributed by atoms with E-state index in [0.29, 0.717) is 25.9 Å². The third-order valence-corrected chi connectivity index (χ3v) is 7.78. The van der Waals surface area contributed by atoms with Crippen molar-refractivity contribution in [1.29, 1.82) is 0 Å². The molecule has 2 saturated heterocycles. The van der Waals surface area contributed by atoms with Crippen molar-refractivity contribution in [2.45, 2.75) is 55.9 Å². The predicted octanol–water partition coefficient (Wildman–Crippen LogP) is 0.577. The van der Waals surface area contributed by atoms with Crippen molar-refractivity contribution in [2.24, 2.45) is 0 Å². The molecule has 0 bridgehead atoms. The molecular formula is C16H22N4O3S. The molecule has 0 radical (unpaired) electrons. The summed E-state index contributed by atoms with van der Waals surface area (Å²) in [6.45, 7) is 1.22. The molecule has 3 fully saturated rings. The monoisotopic (exact) mass is 350 g/mol. The van der Waals surface area contributed by atoms with Gasteiger partial charge < -0.3 is 4.90 Å². The molecule has 1 amide bonds. The maximum Gasteiger partial charge on any atom is 0.223 e. The van der Waals surface area contributed by atoms with Crippen LogP contribution in [0.3, 0.4) is 0 Å². The molecule has 24 heavy (non-hydrogen) atoms. The Morgan fingerprint density at radius 1 is 1.08 bits per heavy atom. The predicted molar refractivity (Wildman–Crippen MR) is 87.5 cm³/mol. The number of likely N-dealkylation sites (tertiary alicyclic amines) is 1. The molecule has 0 N–H and O–H groups in total. The Morgan fingerprint density at radius 2 is 1.79 bits per heavy atom. The largest absolute Gasteiger partial charge is 0.338 e. The van der Waals surface area contributed by atoms with E-state index in [1.807, 2.05) is 4.90 Å². The maximum atomic E-state index is 12.6. The third kappa shape index (κ3) is 2.82. The first-order valence-electron chi connectivity index (χ1n) is 8.61. The highest BCUT2D eigenvalue weighted by molar-refractivity contribution is 7.90. The van der Waals surface area contributed by atoms with Crippen molar-refractivity contribution < 1.29 is 13.2 Å². The average molecular weight is 350 g/mol. The second-order valence-electron chi connectivity index (χ2n) is 6.90. The summed E-state index contributed by atoms with van der Waals surface area (Å²) in [4.78, 5) is 22.4. The molecule has 0 unspecified atom stereocenters. The first-order valence-corrected chi connectivity index (χ1v) is 10.1. The number of aromatic nitrogens is 2. The van der Waals surface area contributed by atoms with Crippen LogP contribution in [0.4, 0.5) is 0 Å². The Bertz CT molecular complexity index is 720. The molecule has 3 aliphatic rings. The van der Waals surface area contributed by atoms with Crippen LogP contribution in [0.2, 0.25) is 0 Å². The second-order valence-corrected chi connectivity index (χ2v) is 9.07. The number of sulfonamides is 1. The lowest BCUT2D eigenvalue weighted by Gasteiger charge is -2.25. The number of nitrogens with zero attached hydrogens (tertiary/aromatic N) is 4. The minimum absolute atomic E-state index is 0.0143. The SMILES string of the molecule is O=C(CCc1cncnc1)N1CC[C@H]2[C@H]1CCN2S(=O)(=O)C1CC1. The zero-order valence-electron chi connectivity index (χ0n) is 13.5. The first-order chi connectivity index (χ1) is 11.6. The summed E-state index contributed by atoms with van der Waals surface area (Å²) in [6, 6.07) is 0.0395. The van der Waals surface area contributed by atoms with E-state index in [-0.39, 0.29) is 23.2 Å². The molecule has 1 aromatic rings. The van der Waals surface area contributed by atoms with Gasteiger partial charge in [-0.1, -0.05) is 0 Å². The fourth-order valence-corrected chi connectivity index (χ4v) is 6.08. The Morgan fingerprint density at radius 3 is 2.50 bits per heavy atom. The van der Waals surface area contributed by atoms with E-state index >= 15 is 0 Å². The van der Waals surface area contributed by atoms with Crippen LogP contribution < -0.4 is 0 Å². The molecular weight excluding hydrogens is 328 g/mol. The molecule has 1 aromatic heterocycles. The number of amides is 1.